The van der Waals surface area contributed by atoms with E-state index in [9.17, 15) is 14.9 Å². The lowest BCUT2D eigenvalue weighted by molar-refractivity contribution is -0.384. The number of anilines is 1. The first-order valence-electron chi connectivity index (χ1n) is 9.19. The number of amides is 1. The van der Waals surface area contributed by atoms with Crippen LogP contribution >= 0.6 is 11.6 Å². The van der Waals surface area contributed by atoms with E-state index in [4.69, 9.17) is 11.6 Å². The molecule has 1 aromatic carbocycles. The van der Waals surface area contributed by atoms with Crippen LogP contribution in [0.1, 0.15) is 32.6 Å². The van der Waals surface area contributed by atoms with Crippen LogP contribution in [0.3, 0.4) is 0 Å². The smallest absolute Gasteiger partial charge is 0.294 e. The van der Waals surface area contributed by atoms with Gasteiger partial charge in [-0.25, -0.2) is 0 Å². The molecule has 3 rings (SSSR count). The number of nitrogens with zero attached hydrogens (tertiary/aromatic N) is 3. The predicted octanol–water partition coefficient (Wildman–Crippen LogP) is 2.82. The zero-order valence-corrected chi connectivity index (χ0v) is 15.7. The number of hydrogen-bond acceptors (Lipinski definition) is 5. The van der Waals surface area contributed by atoms with Crippen LogP contribution in [0.15, 0.2) is 18.2 Å². The van der Waals surface area contributed by atoms with Crippen LogP contribution in [0.2, 0.25) is 5.02 Å². The van der Waals surface area contributed by atoms with Crippen molar-refractivity contribution in [3.8, 4) is 0 Å². The summed E-state index contributed by atoms with van der Waals surface area (Å²) in [5.74, 6) is 0.0859. The molecule has 0 aromatic heterocycles. The van der Waals surface area contributed by atoms with Gasteiger partial charge in [-0.3, -0.25) is 19.8 Å². The van der Waals surface area contributed by atoms with E-state index in [1.807, 2.05) is 11.8 Å². The molecule has 1 saturated heterocycles. The fraction of sp³-hybridized carbons (Fsp3) is 0.611. The van der Waals surface area contributed by atoms with Gasteiger partial charge in [-0.2, -0.15) is 0 Å². The number of halogens is 1. The van der Waals surface area contributed by atoms with Gasteiger partial charge in [0.15, 0.2) is 0 Å². The number of benzene rings is 1. The van der Waals surface area contributed by atoms with Gasteiger partial charge >= 0.3 is 0 Å². The Labute approximate surface area is 158 Å². The molecule has 1 N–H and O–H groups in total. The van der Waals surface area contributed by atoms with E-state index < -0.39 is 4.92 Å². The molecule has 0 spiro atoms. The lowest BCUT2D eigenvalue weighted by atomic mass is 10.1. The Morgan fingerprint density at radius 3 is 2.54 bits per heavy atom. The highest BCUT2D eigenvalue weighted by atomic mass is 35.5. The maximum absolute atomic E-state index is 12.5. The van der Waals surface area contributed by atoms with Gasteiger partial charge in [0.05, 0.1) is 11.0 Å². The van der Waals surface area contributed by atoms with Gasteiger partial charge in [-0.1, -0.05) is 24.4 Å². The van der Waals surface area contributed by atoms with Gasteiger partial charge in [0.2, 0.25) is 5.91 Å². The summed E-state index contributed by atoms with van der Waals surface area (Å²) < 4.78 is 0. The van der Waals surface area contributed by atoms with Gasteiger partial charge in [-0.05, 0) is 31.9 Å². The number of nitro benzene ring substituents is 1. The van der Waals surface area contributed by atoms with Crippen molar-refractivity contribution in [2.75, 3.05) is 31.1 Å². The summed E-state index contributed by atoms with van der Waals surface area (Å²) in [6.07, 6.45) is 4.54. The molecule has 1 amide bonds. The molecule has 1 heterocycles. The van der Waals surface area contributed by atoms with Crippen molar-refractivity contribution in [2.24, 2.45) is 0 Å². The highest BCUT2D eigenvalue weighted by Gasteiger charge is 2.29. The molecule has 26 heavy (non-hydrogen) atoms. The first-order valence-corrected chi connectivity index (χ1v) is 9.57. The number of hydrogen-bond donors (Lipinski definition) is 1. The Balaban J connectivity index is 1.58. The number of carbonyl (C=O) groups excluding carboxylic acids is 1. The standard InChI is InChI=1S/C18H25ClN4O3/c1-13(18(24)20-15-4-2-3-5-15)21-8-10-22(11-9-21)16-7-6-14(19)12-17(16)23(25)26/h6-7,12-13,15H,2-5,8-11H2,1H3,(H,20,24). The number of carbonyl (C=O) groups is 1. The predicted molar refractivity (Wildman–Crippen MR) is 102 cm³/mol. The van der Waals surface area contributed by atoms with Crippen LogP contribution in [0.4, 0.5) is 11.4 Å². The fourth-order valence-electron chi connectivity index (χ4n) is 3.82. The van der Waals surface area contributed by atoms with Gasteiger partial charge in [0.1, 0.15) is 5.69 Å². The Morgan fingerprint density at radius 2 is 1.92 bits per heavy atom. The van der Waals surface area contributed by atoms with Crippen LogP contribution in [0.5, 0.6) is 0 Å². The first-order chi connectivity index (χ1) is 12.5. The quantitative estimate of drug-likeness (QED) is 0.627. The highest BCUT2D eigenvalue weighted by molar-refractivity contribution is 6.30. The molecule has 1 aromatic rings. The Bertz CT molecular complexity index is 670. The molecule has 1 saturated carbocycles. The van der Waals surface area contributed by atoms with E-state index in [0.29, 0.717) is 42.9 Å². The van der Waals surface area contributed by atoms with Gasteiger partial charge in [-0.15, -0.1) is 0 Å². The third-order valence-corrected chi connectivity index (χ3v) is 5.65. The average molecular weight is 381 g/mol. The minimum Gasteiger partial charge on any atom is -0.363 e. The summed E-state index contributed by atoms with van der Waals surface area (Å²) in [5.41, 5.74) is 0.611. The molecular weight excluding hydrogens is 356 g/mol. The molecule has 8 heteroatoms. The maximum Gasteiger partial charge on any atom is 0.294 e. The van der Waals surface area contributed by atoms with Crippen LogP contribution in [0.25, 0.3) is 0 Å². The van der Waals surface area contributed by atoms with Crippen molar-refractivity contribution < 1.29 is 9.72 Å². The molecule has 1 aliphatic heterocycles. The largest absolute Gasteiger partial charge is 0.363 e. The summed E-state index contributed by atoms with van der Waals surface area (Å²) >= 11 is 5.89. The van der Waals surface area contributed by atoms with Crippen LogP contribution in [0, 0.1) is 10.1 Å². The SMILES string of the molecule is CC(C(=O)NC1CCCC1)N1CCN(c2ccc(Cl)cc2[N+](=O)[O-])CC1. The number of nitro groups is 1. The zero-order chi connectivity index (χ0) is 18.7. The van der Waals surface area contributed by atoms with Crippen molar-refractivity contribution in [1.82, 2.24) is 10.2 Å². The normalized spacial score (nSPS) is 20.2. The molecule has 1 atom stereocenters. The second-order valence-electron chi connectivity index (χ2n) is 7.08. The molecule has 0 bridgehead atoms. The molecule has 2 aliphatic rings. The summed E-state index contributed by atoms with van der Waals surface area (Å²) in [6, 6.07) is 4.90. The number of nitrogens with one attached hydrogen (secondary N) is 1. The second kappa shape index (κ2) is 8.22. The summed E-state index contributed by atoms with van der Waals surface area (Å²) in [7, 11) is 0. The molecule has 0 radical (unpaired) electrons. The third kappa shape index (κ3) is 4.27. The minimum absolute atomic E-state index is 0.0259. The van der Waals surface area contributed by atoms with E-state index in [1.54, 1.807) is 12.1 Å². The molecule has 2 fully saturated rings. The lowest BCUT2D eigenvalue weighted by Gasteiger charge is -2.38. The van der Waals surface area contributed by atoms with E-state index in [-0.39, 0.29) is 17.6 Å². The van der Waals surface area contributed by atoms with Crippen LogP contribution in [-0.2, 0) is 4.79 Å². The number of piperazine rings is 1. The van der Waals surface area contributed by atoms with E-state index in [1.165, 1.54) is 18.9 Å². The second-order valence-corrected chi connectivity index (χ2v) is 7.52. The van der Waals surface area contributed by atoms with E-state index >= 15 is 0 Å². The van der Waals surface area contributed by atoms with Gasteiger partial charge < -0.3 is 10.2 Å². The maximum atomic E-state index is 12.5. The lowest BCUT2D eigenvalue weighted by Crippen LogP contribution is -2.55. The van der Waals surface area contributed by atoms with Crippen LogP contribution in [-0.4, -0.2) is 54.0 Å². The topological polar surface area (TPSA) is 78.7 Å². The van der Waals surface area contributed by atoms with Crippen molar-refractivity contribution in [3.05, 3.63) is 33.3 Å². The molecular formula is C18H25ClN4O3. The van der Waals surface area contributed by atoms with Gasteiger partial charge in [0.25, 0.3) is 5.69 Å². The Hall–Kier alpha value is -1.86. The molecule has 1 aliphatic carbocycles. The minimum atomic E-state index is -0.398. The van der Waals surface area contributed by atoms with Gasteiger partial charge in [0, 0.05) is 43.3 Å². The van der Waals surface area contributed by atoms with Crippen molar-refractivity contribution >= 4 is 28.9 Å². The van der Waals surface area contributed by atoms with Crippen molar-refractivity contribution in [3.63, 3.8) is 0 Å². The highest BCUT2D eigenvalue weighted by Crippen LogP contribution is 2.31. The average Bonchev–Trinajstić information content (AvgIpc) is 3.14. The third-order valence-electron chi connectivity index (χ3n) is 5.42. The van der Waals surface area contributed by atoms with E-state index in [0.717, 1.165) is 12.8 Å². The van der Waals surface area contributed by atoms with Crippen LogP contribution < -0.4 is 10.2 Å². The zero-order valence-electron chi connectivity index (χ0n) is 15.0. The Kier molecular flexibility index (Phi) is 5.98. The molecule has 1 unspecified atom stereocenters. The van der Waals surface area contributed by atoms with Crippen molar-refractivity contribution in [2.45, 2.75) is 44.7 Å². The van der Waals surface area contributed by atoms with Crippen molar-refractivity contribution in [1.29, 1.82) is 0 Å². The number of rotatable bonds is 5. The summed E-state index contributed by atoms with van der Waals surface area (Å²) in [4.78, 5) is 27.5. The fourth-order valence-corrected chi connectivity index (χ4v) is 3.98. The summed E-state index contributed by atoms with van der Waals surface area (Å²) in [5, 5.41) is 14.8. The molecule has 7 nitrogen and oxygen atoms in total. The molecule has 142 valence electrons. The van der Waals surface area contributed by atoms with E-state index in [2.05, 4.69) is 10.2 Å². The first kappa shape index (κ1) is 18.9. The Morgan fingerprint density at radius 1 is 1.27 bits per heavy atom. The summed E-state index contributed by atoms with van der Waals surface area (Å²) in [6.45, 7) is 4.61. The monoisotopic (exact) mass is 380 g/mol.